The van der Waals surface area contributed by atoms with Gasteiger partial charge in [0.25, 0.3) is 0 Å². The molecule has 2 aromatic heterocycles. The Morgan fingerprint density at radius 2 is 1.88 bits per heavy atom. The lowest BCUT2D eigenvalue weighted by Crippen LogP contribution is -2.24. The average molecular weight is 379 g/mol. The lowest BCUT2D eigenvalue weighted by molar-refractivity contribution is 0.101. The van der Waals surface area contributed by atoms with E-state index in [-0.39, 0.29) is 23.8 Å². The highest BCUT2D eigenvalue weighted by Crippen LogP contribution is 2.20. The summed E-state index contributed by atoms with van der Waals surface area (Å²) in [4.78, 5) is 13.3. The van der Waals surface area contributed by atoms with Crippen molar-refractivity contribution in [3.63, 3.8) is 0 Å². The molecule has 130 valence electrons. The van der Waals surface area contributed by atoms with E-state index in [0.717, 1.165) is 0 Å². The van der Waals surface area contributed by atoms with E-state index in [0.29, 0.717) is 15.3 Å². The molecule has 0 aliphatic rings. The van der Waals surface area contributed by atoms with E-state index in [1.165, 1.54) is 41.9 Å². The quantitative estimate of drug-likeness (QED) is 0.639. The molecule has 0 spiro atoms. The van der Waals surface area contributed by atoms with Crippen molar-refractivity contribution in [2.24, 2.45) is 0 Å². The zero-order valence-electron chi connectivity index (χ0n) is 12.9. The fourth-order valence-corrected chi connectivity index (χ4v) is 4.25. The van der Waals surface area contributed by atoms with Crippen molar-refractivity contribution in [2.45, 2.75) is 12.3 Å². The van der Waals surface area contributed by atoms with Crippen LogP contribution in [0.3, 0.4) is 0 Å². The standard InChI is InChI=1S/C17H14FNO4S2/c18-13-5-3-12(4-6-13)11-25(21,22)19-10-14-7-8-16(24-14)17(20)15-2-1-9-23-15/h1-9,19H,10-11H2. The van der Waals surface area contributed by atoms with Crippen molar-refractivity contribution < 1.29 is 22.0 Å². The predicted octanol–water partition coefficient (Wildman–Crippen LogP) is 3.33. The highest BCUT2D eigenvalue weighted by Gasteiger charge is 2.16. The summed E-state index contributed by atoms with van der Waals surface area (Å²) in [6, 6.07) is 11.8. The van der Waals surface area contributed by atoms with Gasteiger partial charge >= 0.3 is 0 Å². The molecule has 0 fully saturated rings. The van der Waals surface area contributed by atoms with Gasteiger partial charge in [0, 0.05) is 11.4 Å². The number of carbonyl (C=O) groups excluding carboxylic acids is 1. The van der Waals surface area contributed by atoms with Crippen LogP contribution in [0.4, 0.5) is 4.39 Å². The van der Waals surface area contributed by atoms with E-state index >= 15 is 0 Å². The fraction of sp³-hybridized carbons (Fsp3) is 0.118. The zero-order chi connectivity index (χ0) is 17.9. The molecule has 8 heteroatoms. The maximum Gasteiger partial charge on any atom is 0.238 e. The van der Waals surface area contributed by atoms with Crippen molar-refractivity contribution in [1.82, 2.24) is 4.72 Å². The summed E-state index contributed by atoms with van der Waals surface area (Å²) in [5.74, 6) is -0.654. The minimum atomic E-state index is -3.57. The van der Waals surface area contributed by atoms with Gasteiger partial charge in [0.05, 0.1) is 16.9 Å². The first kappa shape index (κ1) is 17.5. The average Bonchev–Trinajstić information content (AvgIpc) is 3.26. The molecule has 3 aromatic rings. The largest absolute Gasteiger partial charge is 0.461 e. The van der Waals surface area contributed by atoms with Gasteiger partial charge < -0.3 is 4.42 Å². The Kier molecular flexibility index (Phi) is 5.12. The number of furan rings is 1. The Balaban J connectivity index is 1.61. The maximum absolute atomic E-state index is 12.9. The second-order valence-corrected chi connectivity index (χ2v) is 8.25. The molecule has 1 aromatic carbocycles. The first-order valence-electron chi connectivity index (χ1n) is 7.32. The van der Waals surface area contributed by atoms with Crippen molar-refractivity contribution in [3.05, 3.63) is 81.7 Å². The highest BCUT2D eigenvalue weighted by atomic mass is 32.2. The molecule has 0 amide bonds. The second kappa shape index (κ2) is 7.30. The molecule has 1 N–H and O–H groups in total. The first-order valence-corrected chi connectivity index (χ1v) is 9.78. The monoisotopic (exact) mass is 379 g/mol. The van der Waals surface area contributed by atoms with Gasteiger partial charge in [-0.15, -0.1) is 11.3 Å². The van der Waals surface area contributed by atoms with Crippen LogP contribution < -0.4 is 4.72 Å². The number of sulfonamides is 1. The maximum atomic E-state index is 12.9. The van der Waals surface area contributed by atoms with E-state index in [1.54, 1.807) is 24.3 Å². The molecule has 0 unspecified atom stereocenters. The van der Waals surface area contributed by atoms with E-state index in [4.69, 9.17) is 4.42 Å². The molecule has 0 aliphatic heterocycles. The number of ketones is 1. The lowest BCUT2D eigenvalue weighted by atomic mass is 10.2. The normalized spacial score (nSPS) is 11.6. The summed E-state index contributed by atoms with van der Waals surface area (Å²) in [7, 11) is -3.57. The third-order valence-electron chi connectivity index (χ3n) is 3.37. The van der Waals surface area contributed by atoms with Crippen LogP contribution in [0.1, 0.15) is 25.9 Å². The van der Waals surface area contributed by atoms with Gasteiger partial charge in [0.15, 0.2) is 5.76 Å². The van der Waals surface area contributed by atoms with Crippen LogP contribution in [0.25, 0.3) is 0 Å². The van der Waals surface area contributed by atoms with Crippen molar-refractivity contribution in [3.8, 4) is 0 Å². The summed E-state index contributed by atoms with van der Waals surface area (Å²) in [6.07, 6.45) is 1.42. The van der Waals surface area contributed by atoms with Crippen LogP contribution in [-0.4, -0.2) is 14.2 Å². The van der Waals surface area contributed by atoms with Gasteiger partial charge in [0.2, 0.25) is 15.8 Å². The molecule has 0 radical (unpaired) electrons. The number of nitrogens with one attached hydrogen (secondary N) is 1. The number of hydrogen-bond acceptors (Lipinski definition) is 5. The fourth-order valence-electron chi connectivity index (χ4n) is 2.16. The summed E-state index contributed by atoms with van der Waals surface area (Å²) in [5, 5.41) is 0. The predicted molar refractivity (Wildman–Crippen MR) is 92.3 cm³/mol. The van der Waals surface area contributed by atoms with Crippen molar-refractivity contribution in [2.75, 3.05) is 0 Å². The van der Waals surface area contributed by atoms with Crippen LogP contribution in [0, 0.1) is 5.82 Å². The van der Waals surface area contributed by atoms with Crippen molar-refractivity contribution >= 4 is 27.1 Å². The Morgan fingerprint density at radius 1 is 1.12 bits per heavy atom. The van der Waals surface area contributed by atoms with E-state index in [1.807, 2.05) is 0 Å². The Morgan fingerprint density at radius 3 is 2.56 bits per heavy atom. The number of benzene rings is 1. The van der Waals surface area contributed by atoms with Gasteiger partial charge in [-0.1, -0.05) is 12.1 Å². The smallest absolute Gasteiger partial charge is 0.238 e. The van der Waals surface area contributed by atoms with Gasteiger partial charge in [-0.2, -0.15) is 0 Å². The van der Waals surface area contributed by atoms with Crippen LogP contribution >= 0.6 is 11.3 Å². The topological polar surface area (TPSA) is 76.4 Å². The molecular formula is C17H14FNO4S2. The first-order chi connectivity index (χ1) is 11.9. The van der Waals surface area contributed by atoms with Gasteiger partial charge in [-0.05, 0) is 42.0 Å². The zero-order valence-corrected chi connectivity index (χ0v) is 14.6. The molecule has 3 rings (SSSR count). The molecule has 0 aliphatic carbocycles. The Labute approximate surface area is 148 Å². The van der Waals surface area contributed by atoms with Crippen LogP contribution in [-0.2, 0) is 22.3 Å². The summed E-state index contributed by atoms with van der Waals surface area (Å²) >= 11 is 1.20. The third-order valence-corrected chi connectivity index (χ3v) is 5.75. The van der Waals surface area contributed by atoms with Gasteiger partial charge in [-0.25, -0.2) is 17.5 Å². The van der Waals surface area contributed by atoms with Crippen LogP contribution in [0.2, 0.25) is 0 Å². The molecule has 0 atom stereocenters. The van der Waals surface area contributed by atoms with Crippen molar-refractivity contribution in [1.29, 1.82) is 0 Å². The van der Waals surface area contributed by atoms with Gasteiger partial charge in [0.1, 0.15) is 5.82 Å². The number of carbonyl (C=O) groups is 1. The number of halogens is 1. The summed E-state index contributed by atoms with van der Waals surface area (Å²) in [5.41, 5.74) is 0.494. The molecule has 25 heavy (non-hydrogen) atoms. The molecule has 0 saturated heterocycles. The third kappa shape index (κ3) is 4.62. The van der Waals surface area contributed by atoms with Crippen LogP contribution in [0.5, 0.6) is 0 Å². The lowest BCUT2D eigenvalue weighted by Gasteiger charge is -2.05. The SMILES string of the molecule is O=C(c1ccco1)c1ccc(CNS(=O)(=O)Cc2ccc(F)cc2)s1. The van der Waals surface area contributed by atoms with E-state index in [9.17, 15) is 17.6 Å². The highest BCUT2D eigenvalue weighted by molar-refractivity contribution is 7.88. The Hall–Kier alpha value is -2.29. The minimum absolute atomic E-state index is 0.0830. The number of rotatable bonds is 7. The summed E-state index contributed by atoms with van der Waals surface area (Å²) < 4.78 is 44.6. The molecule has 5 nitrogen and oxygen atoms in total. The second-order valence-electron chi connectivity index (χ2n) is 5.28. The minimum Gasteiger partial charge on any atom is -0.461 e. The van der Waals surface area contributed by atoms with E-state index in [2.05, 4.69) is 4.72 Å². The van der Waals surface area contributed by atoms with Gasteiger partial charge in [-0.3, -0.25) is 4.79 Å². The van der Waals surface area contributed by atoms with Crippen LogP contribution in [0.15, 0.2) is 59.2 Å². The number of hydrogen-bond donors (Lipinski definition) is 1. The molecule has 0 bridgehead atoms. The van der Waals surface area contributed by atoms with E-state index < -0.39 is 15.8 Å². The summed E-state index contributed by atoms with van der Waals surface area (Å²) in [6.45, 7) is 0.0830. The Bertz CT molecular complexity index is 961. The molecule has 2 heterocycles. The molecule has 0 saturated carbocycles. The molecular weight excluding hydrogens is 365 g/mol. The number of thiophene rings is 1.